The highest BCUT2D eigenvalue weighted by molar-refractivity contribution is 7.16. The van der Waals surface area contributed by atoms with Crippen LogP contribution in [0.15, 0.2) is 40.6 Å². The molecule has 0 aliphatic rings. The van der Waals surface area contributed by atoms with Crippen LogP contribution >= 0.6 is 11.3 Å². The molecule has 1 N–H and O–H groups in total. The Morgan fingerprint density at radius 1 is 1.29 bits per heavy atom. The predicted octanol–water partition coefficient (Wildman–Crippen LogP) is 2.21. The van der Waals surface area contributed by atoms with E-state index in [-0.39, 0.29) is 5.56 Å². The van der Waals surface area contributed by atoms with Gasteiger partial charge in [-0.05, 0) is 12.1 Å². The van der Waals surface area contributed by atoms with Gasteiger partial charge in [-0.15, -0.1) is 11.3 Å². The van der Waals surface area contributed by atoms with E-state index in [1.54, 1.807) is 28.1 Å². The molecule has 0 aliphatic carbocycles. The lowest BCUT2D eigenvalue weighted by atomic mass is 10.1. The molecule has 0 atom stereocenters. The van der Waals surface area contributed by atoms with E-state index in [1.165, 1.54) is 11.3 Å². The SMILES string of the molecule is O=C(O)c1c(=O)c2ccccc2n2ccsc12. The highest BCUT2D eigenvalue weighted by Crippen LogP contribution is 2.21. The Labute approximate surface area is 99.4 Å². The number of fused-ring (bicyclic) bond motifs is 3. The number of carboxylic acid groups (broad SMARTS) is 1. The summed E-state index contributed by atoms with van der Waals surface area (Å²) in [5, 5.41) is 11.3. The first-order valence-electron chi connectivity index (χ1n) is 4.94. The second-order valence-electron chi connectivity index (χ2n) is 3.60. The van der Waals surface area contributed by atoms with E-state index in [9.17, 15) is 9.59 Å². The molecule has 4 nitrogen and oxygen atoms in total. The van der Waals surface area contributed by atoms with Gasteiger partial charge in [0.1, 0.15) is 10.4 Å². The van der Waals surface area contributed by atoms with Crippen molar-refractivity contribution in [2.24, 2.45) is 0 Å². The lowest BCUT2D eigenvalue weighted by Gasteiger charge is -2.04. The molecule has 17 heavy (non-hydrogen) atoms. The second-order valence-corrected chi connectivity index (χ2v) is 4.50. The molecule has 5 heteroatoms. The van der Waals surface area contributed by atoms with Crippen LogP contribution in [-0.2, 0) is 0 Å². The van der Waals surface area contributed by atoms with Crippen LogP contribution < -0.4 is 5.43 Å². The number of hydrogen-bond acceptors (Lipinski definition) is 3. The van der Waals surface area contributed by atoms with Crippen molar-refractivity contribution in [1.29, 1.82) is 0 Å². The summed E-state index contributed by atoms with van der Waals surface area (Å²) in [5.41, 5.74) is 0.160. The third-order valence-electron chi connectivity index (χ3n) is 2.67. The molecule has 0 bridgehead atoms. The van der Waals surface area contributed by atoms with E-state index in [0.717, 1.165) is 5.52 Å². The Balaban J connectivity index is 2.71. The summed E-state index contributed by atoms with van der Waals surface area (Å²) < 4.78 is 1.74. The van der Waals surface area contributed by atoms with Gasteiger partial charge in [-0.2, -0.15) is 0 Å². The Bertz CT molecular complexity index is 800. The van der Waals surface area contributed by atoms with Crippen molar-refractivity contribution in [2.45, 2.75) is 0 Å². The number of pyridine rings is 1. The van der Waals surface area contributed by atoms with Crippen LogP contribution in [0, 0.1) is 0 Å². The quantitative estimate of drug-likeness (QED) is 0.715. The first-order valence-corrected chi connectivity index (χ1v) is 5.82. The number of thiazole rings is 1. The van der Waals surface area contributed by atoms with E-state index in [1.807, 2.05) is 12.1 Å². The van der Waals surface area contributed by atoms with E-state index < -0.39 is 11.4 Å². The van der Waals surface area contributed by atoms with Gasteiger partial charge in [-0.3, -0.25) is 4.79 Å². The second kappa shape index (κ2) is 3.43. The molecule has 0 fully saturated rings. The summed E-state index contributed by atoms with van der Waals surface area (Å²) in [6.45, 7) is 0. The van der Waals surface area contributed by atoms with E-state index in [2.05, 4.69) is 0 Å². The van der Waals surface area contributed by atoms with Crippen LogP contribution in [0.3, 0.4) is 0 Å². The maximum Gasteiger partial charge on any atom is 0.342 e. The molecule has 84 valence electrons. The molecular weight excluding hydrogens is 238 g/mol. The van der Waals surface area contributed by atoms with Gasteiger partial charge in [0.2, 0.25) is 5.43 Å². The molecule has 2 heterocycles. The van der Waals surface area contributed by atoms with Crippen molar-refractivity contribution in [1.82, 2.24) is 4.40 Å². The highest BCUT2D eigenvalue weighted by Gasteiger charge is 2.17. The van der Waals surface area contributed by atoms with Gasteiger partial charge in [-0.1, -0.05) is 12.1 Å². The number of carboxylic acids is 1. The van der Waals surface area contributed by atoms with Gasteiger partial charge in [0.25, 0.3) is 0 Å². The molecule has 3 rings (SSSR count). The Morgan fingerprint density at radius 3 is 2.82 bits per heavy atom. The normalized spacial score (nSPS) is 11.1. The number of hydrogen-bond donors (Lipinski definition) is 1. The average Bonchev–Trinajstić information content (AvgIpc) is 2.78. The van der Waals surface area contributed by atoms with Gasteiger partial charge in [-0.25, -0.2) is 4.79 Å². The van der Waals surface area contributed by atoms with Crippen molar-refractivity contribution in [3.05, 3.63) is 51.6 Å². The first-order chi connectivity index (χ1) is 8.20. The lowest BCUT2D eigenvalue weighted by molar-refractivity contribution is 0.0697. The zero-order chi connectivity index (χ0) is 12.0. The van der Waals surface area contributed by atoms with Gasteiger partial charge in [0, 0.05) is 17.0 Å². The molecule has 0 spiro atoms. The summed E-state index contributed by atoms with van der Waals surface area (Å²) in [7, 11) is 0. The molecule has 0 saturated heterocycles. The maximum absolute atomic E-state index is 12.1. The number of nitrogens with zero attached hydrogens (tertiary/aromatic N) is 1. The molecular formula is C12H7NO3S. The fourth-order valence-electron chi connectivity index (χ4n) is 1.95. The average molecular weight is 245 g/mol. The number of para-hydroxylation sites is 1. The third kappa shape index (κ3) is 1.29. The summed E-state index contributed by atoms with van der Waals surface area (Å²) in [6.07, 6.45) is 1.77. The number of aromatic carboxylic acids is 1. The van der Waals surface area contributed by atoms with Gasteiger partial charge in [0.05, 0.1) is 5.52 Å². The number of rotatable bonds is 1. The van der Waals surface area contributed by atoms with E-state index in [0.29, 0.717) is 10.2 Å². The van der Waals surface area contributed by atoms with Crippen molar-refractivity contribution < 1.29 is 9.90 Å². The summed E-state index contributed by atoms with van der Waals surface area (Å²) in [5.74, 6) is -1.18. The Hall–Kier alpha value is -2.14. The topological polar surface area (TPSA) is 58.8 Å². The minimum atomic E-state index is -1.18. The predicted molar refractivity (Wildman–Crippen MR) is 66.0 cm³/mol. The molecule has 0 aliphatic heterocycles. The van der Waals surface area contributed by atoms with Crippen molar-refractivity contribution >= 4 is 33.0 Å². The molecule has 0 saturated carbocycles. The van der Waals surface area contributed by atoms with Crippen LogP contribution in [0.4, 0.5) is 0 Å². The zero-order valence-electron chi connectivity index (χ0n) is 8.58. The Kier molecular flexibility index (Phi) is 2.02. The number of benzene rings is 1. The molecule has 1 aromatic carbocycles. The molecule has 3 aromatic rings. The van der Waals surface area contributed by atoms with E-state index >= 15 is 0 Å². The monoisotopic (exact) mass is 245 g/mol. The lowest BCUT2D eigenvalue weighted by Crippen LogP contribution is -2.16. The van der Waals surface area contributed by atoms with Crippen LogP contribution in [0.2, 0.25) is 0 Å². The van der Waals surface area contributed by atoms with Crippen LogP contribution in [0.5, 0.6) is 0 Å². The van der Waals surface area contributed by atoms with Crippen molar-refractivity contribution in [2.75, 3.05) is 0 Å². The summed E-state index contributed by atoms with van der Waals surface area (Å²) >= 11 is 1.25. The number of carbonyl (C=O) groups is 1. The number of aromatic nitrogens is 1. The van der Waals surface area contributed by atoms with Gasteiger partial charge in [0.15, 0.2) is 0 Å². The summed E-state index contributed by atoms with van der Waals surface area (Å²) in [6, 6.07) is 7.01. The van der Waals surface area contributed by atoms with Crippen LogP contribution in [0.1, 0.15) is 10.4 Å². The van der Waals surface area contributed by atoms with Crippen molar-refractivity contribution in [3.63, 3.8) is 0 Å². The fourth-order valence-corrected chi connectivity index (χ4v) is 2.83. The molecule has 0 radical (unpaired) electrons. The molecule has 0 unspecified atom stereocenters. The minimum absolute atomic E-state index is 0.154. The standard InChI is InChI=1S/C12H7NO3S/c14-10-7-3-1-2-4-8(7)13-5-6-17-11(13)9(10)12(15)16/h1-6H,(H,15,16). The highest BCUT2D eigenvalue weighted by atomic mass is 32.1. The van der Waals surface area contributed by atoms with Crippen molar-refractivity contribution in [3.8, 4) is 0 Å². The zero-order valence-corrected chi connectivity index (χ0v) is 9.40. The minimum Gasteiger partial charge on any atom is -0.477 e. The first kappa shape index (κ1) is 10.0. The van der Waals surface area contributed by atoms with Gasteiger partial charge >= 0.3 is 5.97 Å². The smallest absolute Gasteiger partial charge is 0.342 e. The summed E-state index contributed by atoms with van der Waals surface area (Å²) in [4.78, 5) is 23.7. The Morgan fingerprint density at radius 2 is 2.06 bits per heavy atom. The third-order valence-corrected chi connectivity index (χ3v) is 3.55. The maximum atomic E-state index is 12.1. The largest absolute Gasteiger partial charge is 0.477 e. The molecule has 2 aromatic heterocycles. The van der Waals surface area contributed by atoms with Crippen LogP contribution in [0.25, 0.3) is 15.7 Å². The fraction of sp³-hybridized carbons (Fsp3) is 0. The molecule has 0 amide bonds. The van der Waals surface area contributed by atoms with Crippen LogP contribution in [-0.4, -0.2) is 15.5 Å². The van der Waals surface area contributed by atoms with Gasteiger partial charge < -0.3 is 9.51 Å². The van der Waals surface area contributed by atoms with E-state index in [4.69, 9.17) is 5.11 Å².